The topological polar surface area (TPSA) is 130 Å². The molecule has 19 heavy (non-hydrogen) atoms. The van der Waals surface area contributed by atoms with E-state index in [9.17, 15) is 16.8 Å². The van der Waals surface area contributed by atoms with E-state index in [-0.39, 0.29) is 17.1 Å². The lowest BCUT2D eigenvalue weighted by atomic mass is 10.1. The Bertz CT molecular complexity index is 708. The van der Waals surface area contributed by atoms with Crippen LogP contribution in [0.2, 0.25) is 0 Å². The Labute approximate surface area is 112 Å². The Morgan fingerprint density at radius 1 is 1.32 bits per heavy atom. The summed E-state index contributed by atoms with van der Waals surface area (Å²) in [4.78, 5) is 0. The Balaban J connectivity index is 3.21. The first-order valence-electron chi connectivity index (χ1n) is 5.14. The first kappa shape index (κ1) is 15.4. The number of rotatable bonds is 5. The van der Waals surface area contributed by atoms with E-state index < -0.39 is 24.9 Å². The van der Waals surface area contributed by atoms with E-state index in [4.69, 9.17) is 11.1 Å². The van der Waals surface area contributed by atoms with Gasteiger partial charge in [0.2, 0.25) is 10.0 Å². The highest BCUT2D eigenvalue weighted by atomic mass is 32.3. The number of anilines is 1. The second-order valence-electron chi connectivity index (χ2n) is 4.17. The van der Waals surface area contributed by atoms with E-state index in [0.717, 1.165) is 6.26 Å². The zero-order valence-electron chi connectivity index (χ0n) is 10.5. The number of benzene rings is 1. The van der Waals surface area contributed by atoms with E-state index in [2.05, 4.69) is 4.72 Å². The second kappa shape index (κ2) is 5.17. The summed E-state index contributed by atoms with van der Waals surface area (Å²) in [6.07, 6.45) is 0.828. The third kappa shape index (κ3) is 4.52. The van der Waals surface area contributed by atoms with Crippen LogP contribution < -0.4 is 10.5 Å². The van der Waals surface area contributed by atoms with Crippen molar-refractivity contribution in [1.29, 1.82) is 5.41 Å². The normalized spacial score (nSPS) is 12.1. The number of nitrogen functional groups attached to an aromatic ring is 1. The fraction of sp³-hybridized carbons (Fsp3) is 0.300. The number of hydrogen-bond acceptors (Lipinski definition) is 5. The SMILES string of the molecule is Cc1cccc(NS(=O)(=O)CS(C)(=O)=O)c1C(=N)N. The minimum atomic E-state index is -4.06. The maximum absolute atomic E-state index is 11.7. The molecule has 0 bridgehead atoms. The molecule has 0 aliphatic heterocycles. The van der Waals surface area contributed by atoms with Gasteiger partial charge >= 0.3 is 0 Å². The van der Waals surface area contributed by atoms with Gasteiger partial charge in [-0.1, -0.05) is 12.1 Å². The molecule has 0 aliphatic carbocycles. The molecule has 0 amide bonds. The molecular weight excluding hydrogens is 290 g/mol. The highest BCUT2D eigenvalue weighted by Crippen LogP contribution is 2.20. The van der Waals surface area contributed by atoms with E-state index in [1.165, 1.54) is 6.07 Å². The largest absolute Gasteiger partial charge is 0.384 e. The van der Waals surface area contributed by atoms with Crippen LogP contribution in [0.4, 0.5) is 5.69 Å². The molecule has 1 aromatic carbocycles. The van der Waals surface area contributed by atoms with E-state index >= 15 is 0 Å². The molecule has 1 aromatic rings. The molecule has 0 unspecified atom stereocenters. The van der Waals surface area contributed by atoms with Gasteiger partial charge in [-0.25, -0.2) is 16.8 Å². The van der Waals surface area contributed by atoms with Gasteiger partial charge in [-0.2, -0.15) is 0 Å². The summed E-state index contributed by atoms with van der Waals surface area (Å²) in [6, 6.07) is 4.68. The summed E-state index contributed by atoms with van der Waals surface area (Å²) in [6.45, 7) is 1.67. The molecule has 4 N–H and O–H groups in total. The summed E-state index contributed by atoms with van der Waals surface area (Å²) in [5.41, 5.74) is 6.34. The van der Waals surface area contributed by atoms with Gasteiger partial charge in [0.05, 0.1) is 5.69 Å². The Kier molecular flexibility index (Phi) is 4.21. The Hall–Kier alpha value is -1.61. The van der Waals surface area contributed by atoms with Crippen molar-refractivity contribution in [2.45, 2.75) is 6.92 Å². The second-order valence-corrected chi connectivity index (χ2v) is 8.40. The lowest BCUT2D eigenvalue weighted by Gasteiger charge is -2.13. The van der Waals surface area contributed by atoms with Gasteiger partial charge < -0.3 is 5.73 Å². The van der Waals surface area contributed by atoms with Crippen LogP contribution in [0.25, 0.3) is 0 Å². The fourth-order valence-corrected chi connectivity index (χ4v) is 4.58. The van der Waals surface area contributed by atoms with E-state index in [0.29, 0.717) is 5.56 Å². The number of aryl methyl sites for hydroxylation is 1. The van der Waals surface area contributed by atoms with Crippen LogP contribution in [-0.4, -0.2) is 34.0 Å². The molecule has 1 rings (SSSR count). The van der Waals surface area contributed by atoms with E-state index in [1.807, 2.05) is 0 Å². The van der Waals surface area contributed by atoms with Crippen molar-refractivity contribution in [3.05, 3.63) is 29.3 Å². The van der Waals surface area contributed by atoms with Crippen LogP contribution >= 0.6 is 0 Å². The number of sulfone groups is 1. The number of amidine groups is 1. The van der Waals surface area contributed by atoms with Gasteiger partial charge in [-0.15, -0.1) is 0 Å². The molecule has 0 aromatic heterocycles. The molecule has 0 spiro atoms. The van der Waals surface area contributed by atoms with Crippen LogP contribution in [-0.2, 0) is 19.9 Å². The van der Waals surface area contributed by atoms with Gasteiger partial charge in [-0.05, 0) is 18.6 Å². The van der Waals surface area contributed by atoms with E-state index in [1.54, 1.807) is 19.1 Å². The minimum absolute atomic E-state index is 0.0937. The smallest absolute Gasteiger partial charge is 0.247 e. The van der Waals surface area contributed by atoms with Crippen molar-refractivity contribution in [2.75, 3.05) is 16.1 Å². The van der Waals surface area contributed by atoms with Crippen LogP contribution in [0.1, 0.15) is 11.1 Å². The zero-order valence-corrected chi connectivity index (χ0v) is 12.1. The molecule has 0 saturated carbocycles. The van der Waals surface area contributed by atoms with Gasteiger partial charge in [-0.3, -0.25) is 10.1 Å². The summed E-state index contributed by atoms with van der Waals surface area (Å²) >= 11 is 0. The average Bonchev–Trinajstić information content (AvgIpc) is 2.11. The summed E-state index contributed by atoms with van der Waals surface area (Å²) in [7, 11) is -7.74. The van der Waals surface area contributed by atoms with Crippen LogP contribution in [0, 0.1) is 12.3 Å². The first-order chi connectivity index (χ1) is 8.52. The van der Waals surface area contributed by atoms with Crippen LogP contribution in [0.15, 0.2) is 18.2 Å². The van der Waals surface area contributed by atoms with Crippen LogP contribution in [0.5, 0.6) is 0 Å². The molecule has 7 nitrogen and oxygen atoms in total. The molecule has 106 valence electrons. The third-order valence-corrected chi connectivity index (χ3v) is 5.66. The van der Waals surface area contributed by atoms with Crippen LogP contribution in [0.3, 0.4) is 0 Å². The standard InChI is InChI=1S/C10H15N3O4S2/c1-7-4-3-5-8(9(7)10(11)12)13-19(16,17)6-18(2,14)15/h3-5,13H,6H2,1-2H3,(H3,11,12). The van der Waals surface area contributed by atoms with Gasteiger partial charge in [0.1, 0.15) is 5.84 Å². The molecular formula is C10H15N3O4S2. The fourth-order valence-electron chi connectivity index (χ4n) is 1.59. The van der Waals surface area contributed by atoms with Gasteiger partial charge in [0.15, 0.2) is 14.9 Å². The lowest BCUT2D eigenvalue weighted by molar-refractivity contribution is 0.595. The quantitative estimate of drug-likeness (QED) is 0.521. The molecule has 0 fully saturated rings. The van der Waals surface area contributed by atoms with Crippen molar-refractivity contribution in [3.63, 3.8) is 0 Å². The molecule has 0 atom stereocenters. The minimum Gasteiger partial charge on any atom is -0.384 e. The molecule has 0 radical (unpaired) electrons. The van der Waals surface area contributed by atoms with Gasteiger partial charge in [0, 0.05) is 11.8 Å². The van der Waals surface area contributed by atoms with Crippen molar-refractivity contribution in [2.24, 2.45) is 5.73 Å². The lowest BCUT2D eigenvalue weighted by Crippen LogP contribution is -2.24. The van der Waals surface area contributed by atoms with Crippen molar-refractivity contribution in [3.8, 4) is 0 Å². The monoisotopic (exact) mass is 305 g/mol. The first-order valence-corrected chi connectivity index (χ1v) is 8.85. The molecule has 0 heterocycles. The van der Waals surface area contributed by atoms with Gasteiger partial charge in [0.25, 0.3) is 0 Å². The number of sulfonamides is 1. The van der Waals surface area contributed by atoms with Crippen molar-refractivity contribution < 1.29 is 16.8 Å². The van der Waals surface area contributed by atoms with Crippen molar-refractivity contribution >= 4 is 31.4 Å². The third-order valence-electron chi connectivity index (χ3n) is 2.18. The molecule has 0 aliphatic rings. The average molecular weight is 305 g/mol. The number of hydrogen-bond donors (Lipinski definition) is 3. The predicted octanol–water partition coefficient (Wildman–Crippen LogP) is 0.0229. The summed E-state index contributed by atoms with van der Waals surface area (Å²) in [5, 5.41) is 6.41. The maximum atomic E-state index is 11.7. The summed E-state index contributed by atoms with van der Waals surface area (Å²) in [5.74, 6) is -0.296. The Morgan fingerprint density at radius 2 is 1.89 bits per heavy atom. The van der Waals surface area contributed by atoms with Crippen molar-refractivity contribution in [1.82, 2.24) is 0 Å². The molecule has 9 heteroatoms. The predicted molar refractivity (Wildman–Crippen MR) is 74.4 cm³/mol. The highest BCUT2D eigenvalue weighted by molar-refractivity contribution is 8.08. The number of nitrogens with one attached hydrogen (secondary N) is 2. The number of nitrogens with two attached hydrogens (primary N) is 1. The maximum Gasteiger partial charge on any atom is 0.247 e. The highest BCUT2D eigenvalue weighted by Gasteiger charge is 2.20. The Morgan fingerprint density at radius 3 is 2.37 bits per heavy atom. The zero-order chi connectivity index (χ0) is 14.8. The summed E-state index contributed by atoms with van der Waals surface area (Å²) < 4.78 is 47.6. The molecule has 0 saturated heterocycles.